The van der Waals surface area contributed by atoms with Gasteiger partial charge in [-0.05, 0) is 62.2 Å². The Kier molecular flexibility index (Phi) is 4.62. The third-order valence-electron chi connectivity index (χ3n) is 4.65. The van der Waals surface area contributed by atoms with Gasteiger partial charge in [0, 0.05) is 6.04 Å². The summed E-state index contributed by atoms with van der Waals surface area (Å²) in [7, 11) is -3.15. The molecule has 4 nitrogen and oxygen atoms in total. The van der Waals surface area contributed by atoms with Gasteiger partial charge in [-0.1, -0.05) is 24.3 Å². The first-order chi connectivity index (χ1) is 10.1. The maximum absolute atomic E-state index is 12.3. The molecule has 0 bridgehead atoms. The molecule has 116 valence electrons. The number of piperidine rings is 1. The third kappa shape index (κ3) is 4.05. The van der Waals surface area contributed by atoms with Crippen molar-refractivity contribution in [2.24, 2.45) is 5.92 Å². The number of hydrogen-bond acceptors (Lipinski definition) is 3. The Labute approximate surface area is 127 Å². The minimum atomic E-state index is -3.15. The Morgan fingerprint density at radius 1 is 1.10 bits per heavy atom. The summed E-state index contributed by atoms with van der Waals surface area (Å²) in [6.45, 7) is 2.05. The van der Waals surface area contributed by atoms with E-state index in [1.807, 2.05) is 12.1 Å². The number of nitrogens with one attached hydrogen (secondary N) is 2. The van der Waals surface area contributed by atoms with Crippen LogP contribution in [-0.2, 0) is 22.9 Å². The second-order valence-corrected chi connectivity index (χ2v) is 8.17. The number of benzene rings is 1. The average Bonchev–Trinajstić information content (AvgIpc) is 2.87. The molecular weight excluding hydrogens is 284 g/mol. The van der Waals surface area contributed by atoms with E-state index in [0.717, 1.165) is 45.2 Å². The van der Waals surface area contributed by atoms with Crippen LogP contribution in [0.15, 0.2) is 24.3 Å². The van der Waals surface area contributed by atoms with Crippen molar-refractivity contribution in [3.05, 3.63) is 35.4 Å². The van der Waals surface area contributed by atoms with Gasteiger partial charge in [-0.2, -0.15) is 0 Å². The highest BCUT2D eigenvalue weighted by Crippen LogP contribution is 2.22. The lowest BCUT2D eigenvalue weighted by Crippen LogP contribution is -2.38. The van der Waals surface area contributed by atoms with Gasteiger partial charge in [-0.25, -0.2) is 13.1 Å². The van der Waals surface area contributed by atoms with Gasteiger partial charge in [0.05, 0.1) is 5.75 Å². The van der Waals surface area contributed by atoms with E-state index in [1.54, 1.807) is 0 Å². The topological polar surface area (TPSA) is 58.2 Å². The van der Waals surface area contributed by atoms with E-state index in [1.165, 1.54) is 11.1 Å². The molecule has 1 fully saturated rings. The molecule has 1 aromatic carbocycles. The van der Waals surface area contributed by atoms with Crippen LogP contribution in [0.25, 0.3) is 0 Å². The molecule has 21 heavy (non-hydrogen) atoms. The summed E-state index contributed by atoms with van der Waals surface area (Å²) in [6, 6.07) is 8.28. The van der Waals surface area contributed by atoms with Gasteiger partial charge in [0.25, 0.3) is 0 Å². The first-order valence-electron chi connectivity index (χ1n) is 7.90. The van der Waals surface area contributed by atoms with Crippen LogP contribution in [-0.4, -0.2) is 33.3 Å². The van der Waals surface area contributed by atoms with Crippen LogP contribution in [0.3, 0.4) is 0 Å². The zero-order valence-electron chi connectivity index (χ0n) is 12.3. The second kappa shape index (κ2) is 6.46. The van der Waals surface area contributed by atoms with Crippen molar-refractivity contribution in [2.45, 2.75) is 38.1 Å². The summed E-state index contributed by atoms with van der Waals surface area (Å²) in [6.07, 6.45) is 4.64. The zero-order chi connectivity index (χ0) is 14.7. The predicted molar refractivity (Wildman–Crippen MR) is 84.8 cm³/mol. The fourth-order valence-electron chi connectivity index (χ4n) is 3.45. The predicted octanol–water partition coefficient (Wildman–Crippen LogP) is 1.46. The normalized spacial score (nSPS) is 20.6. The number of sulfonamides is 1. The summed E-state index contributed by atoms with van der Waals surface area (Å²) in [5.41, 5.74) is 2.56. The van der Waals surface area contributed by atoms with Crippen LogP contribution < -0.4 is 10.0 Å². The van der Waals surface area contributed by atoms with Crippen LogP contribution in [0, 0.1) is 5.92 Å². The van der Waals surface area contributed by atoms with Crippen LogP contribution >= 0.6 is 0 Å². The summed E-state index contributed by atoms with van der Waals surface area (Å²) >= 11 is 0. The highest BCUT2D eigenvalue weighted by molar-refractivity contribution is 7.89. The fourth-order valence-corrected chi connectivity index (χ4v) is 4.88. The van der Waals surface area contributed by atoms with Crippen LogP contribution in [0.2, 0.25) is 0 Å². The Bertz CT molecular complexity index is 555. The SMILES string of the molecule is O=S(=O)(CCC1CCNCC1)NC1Cc2ccccc2C1. The first-order valence-corrected chi connectivity index (χ1v) is 9.55. The number of fused-ring (bicyclic) bond motifs is 1. The third-order valence-corrected chi connectivity index (χ3v) is 6.12. The summed E-state index contributed by atoms with van der Waals surface area (Å²) in [5, 5.41) is 3.32. The number of hydrogen-bond donors (Lipinski definition) is 2. The molecule has 2 N–H and O–H groups in total. The molecule has 1 aliphatic heterocycles. The smallest absolute Gasteiger partial charge is 0.211 e. The summed E-state index contributed by atoms with van der Waals surface area (Å²) in [4.78, 5) is 0. The second-order valence-electron chi connectivity index (χ2n) is 6.29. The highest BCUT2D eigenvalue weighted by atomic mass is 32.2. The Morgan fingerprint density at radius 2 is 1.71 bits per heavy atom. The van der Waals surface area contributed by atoms with Crippen molar-refractivity contribution in [1.82, 2.24) is 10.0 Å². The minimum Gasteiger partial charge on any atom is -0.317 e. The standard InChI is InChI=1S/C16H24N2O2S/c19-21(20,10-7-13-5-8-17-9-6-13)18-16-11-14-3-1-2-4-15(14)12-16/h1-4,13,16-18H,5-12H2. The minimum absolute atomic E-state index is 0.0421. The molecule has 0 amide bonds. The molecule has 0 spiro atoms. The van der Waals surface area contributed by atoms with E-state index in [2.05, 4.69) is 22.2 Å². The summed E-state index contributed by atoms with van der Waals surface area (Å²) in [5.74, 6) is 0.827. The van der Waals surface area contributed by atoms with Crippen LogP contribution in [0.5, 0.6) is 0 Å². The highest BCUT2D eigenvalue weighted by Gasteiger charge is 2.26. The molecule has 1 saturated heterocycles. The molecule has 5 heteroatoms. The molecule has 0 aromatic heterocycles. The molecule has 1 heterocycles. The van der Waals surface area contributed by atoms with Gasteiger partial charge in [-0.15, -0.1) is 0 Å². The van der Waals surface area contributed by atoms with Gasteiger partial charge in [0.15, 0.2) is 0 Å². The van der Waals surface area contributed by atoms with Crippen molar-refractivity contribution in [1.29, 1.82) is 0 Å². The molecule has 2 aliphatic rings. The average molecular weight is 308 g/mol. The van der Waals surface area contributed by atoms with Crippen molar-refractivity contribution < 1.29 is 8.42 Å². The van der Waals surface area contributed by atoms with E-state index in [4.69, 9.17) is 0 Å². The Hall–Kier alpha value is -0.910. The van der Waals surface area contributed by atoms with Gasteiger partial charge < -0.3 is 5.32 Å². The maximum atomic E-state index is 12.3. The lowest BCUT2D eigenvalue weighted by atomic mass is 9.96. The monoisotopic (exact) mass is 308 g/mol. The molecule has 0 radical (unpaired) electrons. The maximum Gasteiger partial charge on any atom is 0.211 e. The van der Waals surface area contributed by atoms with E-state index < -0.39 is 10.0 Å². The Balaban J connectivity index is 1.50. The zero-order valence-corrected chi connectivity index (χ0v) is 13.2. The molecule has 3 rings (SSSR count). The largest absolute Gasteiger partial charge is 0.317 e. The van der Waals surface area contributed by atoms with Gasteiger partial charge >= 0.3 is 0 Å². The molecule has 0 saturated carbocycles. The van der Waals surface area contributed by atoms with Crippen molar-refractivity contribution in [3.63, 3.8) is 0 Å². The van der Waals surface area contributed by atoms with Crippen molar-refractivity contribution in [3.8, 4) is 0 Å². The van der Waals surface area contributed by atoms with E-state index in [9.17, 15) is 8.42 Å². The van der Waals surface area contributed by atoms with Gasteiger partial charge in [-0.3, -0.25) is 0 Å². The molecule has 1 aliphatic carbocycles. The van der Waals surface area contributed by atoms with E-state index in [-0.39, 0.29) is 11.8 Å². The van der Waals surface area contributed by atoms with E-state index >= 15 is 0 Å². The first kappa shape index (κ1) is 15.0. The Morgan fingerprint density at radius 3 is 2.33 bits per heavy atom. The number of rotatable bonds is 5. The molecular formula is C16H24N2O2S. The van der Waals surface area contributed by atoms with Crippen LogP contribution in [0.1, 0.15) is 30.4 Å². The summed E-state index contributed by atoms with van der Waals surface area (Å²) < 4.78 is 27.4. The van der Waals surface area contributed by atoms with Crippen LogP contribution in [0.4, 0.5) is 0 Å². The fraction of sp³-hybridized carbons (Fsp3) is 0.625. The van der Waals surface area contributed by atoms with Gasteiger partial charge in [0.1, 0.15) is 0 Å². The molecule has 0 unspecified atom stereocenters. The molecule has 1 aromatic rings. The van der Waals surface area contributed by atoms with E-state index in [0.29, 0.717) is 5.92 Å². The lowest BCUT2D eigenvalue weighted by Gasteiger charge is -2.22. The lowest BCUT2D eigenvalue weighted by molar-refractivity contribution is 0.365. The van der Waals surface area contributed by atoms with Crippen molar-refractivity contribution in [2.75, 3.05) is 18.8 Å². The van der Waals surface area contributed by atoms with Crippen molar-refractivity contribution >= 4 is 10.0 Å². The molecule has 0 atom stereocenters. The quantitative estimate of drug-likeness (QED) is 0.866. The van der Waals surface area contributed by atoms with Gasteiger partial charge in [0.2, 0.25) is 10.0 Å².